The van der Waals surface area contributed by atoms with E-state index in [0.717, 1.165) is 16.6 Å². The fraction of sp³-hybridized carbons (Fsp3) is 0.467. The SMILES string of the molecule is CCc1ccc2nc(NC(=O)NC(CC)(CO)CO)sc2c1. The van der Waals surface area contributed by atoms with E-state index in [0.29, 0.717) is 11.6 Å². The molecule has 0 atom stereocenters. The zero-order valence-electron chi connectivity index (χ0n) is 12.7. The van der Waals surface area contributed by atoms with Crippen LogP contribution in [0.15, 0.2) is 18.2 Å². The van der Waals surface area contributed by atoms with E-state index in [4.69, 9.17) is 0 Å². The summed E-state index contributed by atoms with van der Waals surface area (Å²) in [6.07, 6.45) is 1.37. The molecule has 2 amide bonds. The Morgan fingerprint density at radius 1 is 1.32 bits per heavy atom. The van der Waals surface area contributed by atoms with Gasteiger partial charge in [0.1, 0.15) is 0 Å². The van der Waals surface area contributed by atoms with Gasteiger partial charge in [0.05, 0.1) is 29.0 Å². The van der Waals surface area contributed by atoms with E-state index in [9.17, 15) is 15.0 Å². The van der Waals surface area contributed by atoms with Crippen molar-refractivity contribution in [3.05, 3.63) is 23.8 Å². The lowest BCUT2D eigenvalue weighted by atomic mass is 9.99. The number of amides is 2. The Kier molecular flexibility index (Phi) is 5.33. The predicted octanol–water partition coefficient (Wildman–Crippen LogP) is 2.11. The molecule has 4 N–H and O–H groups in total. The van der Waals surface area contributed by atoms with Crippen molar-refractivity contribution in [2.45, 2.75) is 32.2 Å². The molecule has 7 heteroatoms. The normalized spacial score (nSPS) is 11.6. The van der Waals surface area contributed by atoms with Gasteiger partial charge in [-0.05, 0) is 30.5 Å². The van der Waals surface area contributed by atoms with E-state index in [2.05, 4.69) is 28.6 Å². The van der Waals surface area contributed by atoms with Crippen LogP contribution in [0.5, 0.6) is 0 Å². The number of rotatable bonds is 6. The van der Waals surface area contributed by atoms with Gasteiger partial charge in [-0.3, -0.25) is 5.32 Å². The maximum atomic E-state index is 12.0. The summed E-state index contributed by atoms with van der Waals surface area (Å²) in [6, 6.07) is 5.53. The third-order valence-electron chi connectivity index (χ3n) is 3.74. The number of aliphatic hydroxyl groups is 2. The zero-order valence-corrected chi connectivity index (χ0v) is 13.5. The molecule has 0 fully saturated rings. The lowest BCUT2D eigenvalue weighted by molar-refractivity contribution is 0.0955. The number of anilines is 1. The van der Waals surface area contributed by atoms with Crippen LogP contribution in [0.2, 0.25) is 0 Å². The zero-order chi connectivity index (χ0) is 16.2. The van der Waals surface area contributed by atoms with Crippen molar-refractivity contribution >= 4 is 32.7 Å². The predicted molar refractivity (Wildman–Crippen MR) is 88.3 cm³/mol. The van der Waals surface area contributed by atoms with Gasteiger partial charge in [0.2, 0.25) is 0 Å². The molecule has 120 valence electrons. The highest BCUT2D eigenvalue weighted by Crippen LogP contribution is 2.27. The van der Waals surface area contributed by atoms with Gasteiger partial charge >= 0.3 is 6.03 Å². The Balaban J connectivity index is 2.11. The molecule has 0 aliphatic rings. The van der Waals surface area contributed by atoms with Crippen molar-refractivity contribution in [1.29, 1.82) is 0 Å². The average Bonchev–Trinajstić information content (AvgIpc) is 2.93. The number of urea groups is 1. The van der Waals surface area contributed by atoms with Gasteiger partial charge in [-0.1, -0.05) is 31.3 Å². The molecule has 1 aromatic carbocycles. The van der Waals surface area contributed by atoms with E-state index >= 15 is 0 Å². The monoisotopic (exact) mass is 323 g/mol. The van der Waals surface area contributed by atoms with Gasteiger partial charge in [-0.15, -0.1) is 0 Å². The first-order chi connectivity index (χ1) is 10.6. The number of nitrogens with one attached hydrogen (secondary N) is 2. The fourth-order valence-electron chi connectivity index (χ4n) is 2.05. The number of nitrogens with zero attached hydrogens (tertiary/aromatic N) is 1. The van der Waals surface area contributed by atoms with Gasteiger partial charge < -0.3 is 15.5 Å². The molecular formula is C15H21N3O3S. The van der Waals surface area contributed by atoms with Crippen LogP contribution in [-0.4, -0.2) is 40.0 Å². The molecule has 1 heterocycles. The minimum absolute atomic E-state index is 0.326. The van der Waals surface area contributed by atoms with E-state index in [1.54, 1.807) is 6.92 Å². The maximum absolute atomic E-state index is 12.0. The summed E-state index contributed by atoms with van der Waals surface area (Å²) in [4.78, 5) is 16.4. The van der Waals surface area contributed by atoms with Gasteiger partial charge in [-0.25, -0.2) is 9.78 Å². The van der Waals surface area contributed by atoms with E-state index in [-0.39, 0.29) is 13.2 Å². The molecule has 0 bridgehead atoms. The highest BCUT2D eigenvalue weighted by molar-refractivity contribution is 7.22. The number of fused-ring (bicyclic) bond motifs is 1. The average molecular weight is 323 g/mol. The Hall–Kier alpha value is -1.70. The summed E-state index contributed by atoms with van der Waals surface area (Å²) < 4.78 is 1.01. The van der Waals surface area contributed by atoms with Crippen molar-refractivity contribution in [2.24, 2.45) is 0 Å². The summed E-state index contributed by atoms with van der Waals surface area (Å²) in [5.41, 5.74) is 1.04. The highest BCUT2D eigenvalue weighted by atomic mass is 32.1. The first-order valence-electron chi connectivity index (χ1n) is 7.26. The number of hydrogen-bond acceptors (Lipinski definition) is 5. The van der Waals surface area contributed by atoms with Crippen LogP contribution in [0, 0.1) is 0 Å². The molecule has 0 radical (unpaired) electrons. The van der Waals surface area contributed by atoms with Gasteiger partial charge in [0.25, 0.3) is 0 Å². The smallest absolute Gasteiger partial charge is 0.321 e. The van der Waals surface area contributed by atoms with Crippen molar-refractivity contribution in [3.8, 4) is 0 Å². The summed E-state index contributed by atoms with van der Waals surface area (Å²) in [7, 11) is 0. The third-order valence-corrected chi connectivity index (χ3v) is 4.68. The molecular weight excluding hydrogens is 302 g/mol. The molecule has 0 saturated carbocycles. The third kappa shape index (κ3) is 3.55. The lowest BCUT2D eigenvalue weighted by Crippen LogP contribution is -2.55. The quantitative estimate of drug-likeness (QED) is 0.655. The summed E-state index contributed by atoms with van der Waals surface area (Å²) in [5, 5.41) is 24.5. The first-order valence-corrected chi connectivity index (χ1v) is 8.07. The van der Waals surface area contributed by atoms with Crippen LogP contribution in [0.25, 0.3) is 10.2 Å². The topological polar surface area (TPSA) is 94.5 Å². The number of hydrogen-bond donors (Lipinski definition) is 4. The van der Waals surface area contributed by atoms with Gasteiger partial charge in [-0.2, -0.15) is 0 Å². The number of carbonyl (C=O) groups is 1. The molecule has 6 nitrogen and oxygen atoms in total. The van der Waals surface area contributed by atoms with E-state index in [1.165, 1.54) is 16.9 Å². The number of thiazole rings is 1. The minimum Gasteiger partial charge on any atom is -0.394 e. The van der Waals surface area contributed by atoms with Crippen LogP contribution < -0.4 is 10.6 Å². The molecule has 2 rings (SSSR count). The molecule has 0 aliphatic heterocycles. The summed E-state index contributed by atoms with van der Waals surface area (Å²) in [5.74, 6) is 0. The second-order valence-electron chi connectivity index (χ2n) is 5.20. The second kappa shape index (κ2) is 7.04. The van der Waals surface area contributed by atoms with Gasteiger partial charge in [0, 0.05) is 0 Å². The molecule has 0 aliphatic carbocycles. The van der Waals surface area contributed by atoms with Crippen molar-refractivity contribution in [2.75, 3.05) is 18.5 Å². The number of aliphatic hydroxyl groups excluding tert-OH is 2. The van der Waals surface area contributed by atoms with E-state index in [1.807, 2.05) is 12.1 Å². The Morgan fingerprint density at radius 3 is 2.64 bits per heavy atom. The maximum Gasteiger partial charge on any atom is 0.321 e. The molecule has 0 spiro atoms. The second-order valence-corrected chi connectivity index (χ2v) is 6.23. The van der Waals surface area contributed by atoms with Crippen LogP contribution in [-0.2, 0) is 6.42 Å². The largest absolute Gasteiger partial charge is 0.394 e. The fourth-order valence-corrected chi connectivity index (χ4v) is 2.98. The van der Waals surface area contributed by atoms with Crippen LogP contribution in [0.3, 0.4) is 0 Å². The Bertz CT molecular complexity index is 644. The lowest BCUT2D eigenvalue weighted by Gasteiger charge is -2.29. The number of carbonyl (C=O) groups excluding carboxylic acids is 1. The van der Waals surface area contributed by atoms with Crippen LogP contribution in [0.4, 0.5) is 9.93 Å². The first kappa shape index (κ1) is 16.7. The summed E-state index contributed by atoms with van der Waals surface area (Å²) in [6.45, 7) is 3.22. The van der Waals surface area contributed by atoms with E-state index < -0.39 is 11.6 Å². The molecule has 22 heavy (non-hydrogen) atoms. The standard InChI is InChI=1S/C15H21N3O3S/c1-3-10-5-6-11-12(7-10)22-14(16-11)17-13(21)18-15(4-2,8-19)9-20/h5-7,19-20H,3-4,8-9H2,1-2H3,(H2,16,17,18,21). The number of aromatic nitrogens is 1. The Morgan fingerprint density at radius 2 is 2.05 bits per heavy atom. The van der Waals surface area contributed by atoms with Crippen LogP contribution >= 0.6 is 11.3 Å². The molecule has 2 aromatic rings. The van der Waals surface area contributed by atoms with Crippen LogP contribution in [0.1, 0.15) is 25.8 Å². The van der Waals surface area contributed by atoms with Gasteiger partial charge in [0.15, 0.2) is 5.13 Å². The molecule has 0 saturated heterocycles. The Labute approximate surface area is 133 Å². The number of benzene rings is 1. The summed E-state index contributed by atoms with van der Waals surface area (Å²) >= 11 is 1.40. The number of aryl methyl sites for hydroxylation is 1. The highest BCUT2D eigenvalue weighted by Gasteiger charge is 2.28. The minimum atomic E-state index is -1.02. The molecule has 0 unspecified atom stereocenters. The molecule has 1 aromatic heterocycles. The van der Waals surface area contributed by atoms with Crippen molar-refractivity contribution in [3.63, 3.8) is 0 Å². The van der Waals surface area contributed by atoms with Crippen molar-refractivity contribution in [1.82, 2.24) is 10.3 Å². The van der Waals surface area contributed by atoms with Crippen molar-refractivity contribution < 1.29 is 15.0 Å².